The maximum absolute atomic E-state index is 11.8. The minimum atomic E-state index is 0.191. The number of ketones is 1. The zero-order chi connectivity index (χ0) is 12.0. The summed E-state index contributed by atoms with van der Waals surface area (Å²) >= 11 is 0. The molecule has 0 aromatic carbocycles. The van der Waals surface area contributed by atoms with Gasteiger partial charge in [0.15, 0.2) is 0 Å². The second-order valence-electron chi connectivity index (χ2n) is 5.07. The predicted octanol–water partition coefficient (Wildman–Crippen LogP) is 1.70. The summed E-state index contributed by atoms with van der Waals surface area (Å²) in [4.78, 5) is 14.0. The van der Waals surface area contributed by atoms with Crippen molar-refractivity contribution in [3.63, 3.8) is 0 Å². The molecular weight excluding hydrogens is 202 g/mol. The van der Waals surface area contributed by atoms with Crippen molar-refractivity contribution in [3.8, 4) is 0 Å². The average Bonchev–Trinajstić information content (AvgIpc) is 2.24. The third-order valence-electron chi connectivity index (χ3n) is 3.46. The third-order valence-corrected chi connectivity index (χ3v) is 3.46. The van der Waals surface area contributed by atoms with E-state index >= 15 is 0 Å². The lowest BCUT2D eigenvalue weighted by Gasteiger charge is -2.30. The van der Waals surface area contributed by atoms with Gasteiger partial charge in [0.05, 0.1) is 6.61 Å². The van der Waals surface area contributed by atoms with Gasteiger partial charge in [0.1, 0.15) is 5.78 Å². The first-order valence-electron chi connectivity index (χ1n) is 6.53. The second-order valence-corrected chi connectivity index (χ2v) is 5.07. The SMILES string of the molecule is CCCN(CCO)CC1CC(C)CCC1=O. The molecule has 0 aliphatic heterocycles. The van der Waals surface area contributed by atoms with E-state index in [1.54, 1.807) is 0 Å². The Morgan fingerprint density at radius 2 is 2.19 bits per heavy atom. The standard InChI is InChI=1S/C13H25NO2/c1-3-6-14(7-8-15)10-12-9-11(2)4-5-13(12)16/h11-12,15H,3-10H2,1-2H3. The highest BCUT2D eigenvalue weighted by Crippen LogP contribution is 2.26. The molecule has 1 fully saturated rings. The van der Waals surface area contributed by atoms with Crippen molar-refractivity contribution in [2.45, 2.75) is 39.5 Å². The Bertz CT molecular complexity index is 212. The summed E-state index contributed by atoms with van der Waals surface area (Å²) in [5.41, 5.74) is 0. The number of rotatable bonds is 6. The van der Waals surface area contributed by atoms with Crippen molar-refractivity contribution in [1.82, 2.24) is 4.90 Å². The molecule has 0 amide bonds. The Labute approximate surface area is 98.8 Å². The molecule has 0 aromatic rings. The van der Waals surface area contributed by atoms with E-state index in [4.69, 9.17) is 5.11 Å². The molecular formula is C13H25NO2. The lowest BCUT2D eigenvalue weighted by atomic mass is 9.81. The van der Waals surface area contributed by atoms with E-state index in [2.05, 4.69) is 18.7 Å². The maximum Gasteiger partial charge on any atom is 0.137 e. The zero-order valence-corrected chi connectivity index (χ0v) is 10.6. The molecule has 1 saturated carbocycles. The molecule has 16 heavy (non-hydrogen) atoms. The summed E-state index contributed by atoms with van der Waals surface area (Å²) in [5.74, 6) is 1.32. The molecule has 0 radical (unpaired) electrons. The van der Waals surface area contributed by atoms with E-state index in [0.29, 0.717) is 18.2 Å². The van der Waals surface area contributed by atoms with Crippen molar-refractivity contribution in [1.29, 1.82) is 0 Å². The van der Waals surface area contributed by atoms with Gasteiger partial charge in [0.25, 0.3) is 0 Å². The van der Waals surface area contributed by atoms with Crippen LogP contribution < -0.4 is 0 Å². The van der Waals surface area contributed by atoms with Crippen molar-refractivity contribution in [2.24, 2.45) is 11.8 Å². The zero-order valence-electron chi connectivity index (χ0n) is 10.6. The minimum absolute atomic E-state index is 0.191. The van der Waals surface area contributed by atoms with Crippen LogP contribution in [0.15, 0.2) is 0 Å². The topological polar surface area (TPSA) is 40.5 Å². The second kappa shape index (κ2) is 7.02. The van der Waals surface area contributed by atoms with Crippen LogP contribution in [0.1, 0.15) is 39.5 Å². The van der Waals surface area contributed by atoms with Crippen LogP contribution in [0, 0.1) is 11.8 Å². The summed E-state index contributed by atoms with van der Waals surface area (Å²) in [6.07, 6.45) is 3.93. The number of Topliss-reactive ketones (excluding diaryl/α,β-unsaturated/α-hetero) is 1. The van der Waals surface area contributed by atoms with E-state index in [1.807, 2.05) is 0 Å². The molecule has 2 unspecified atom stereocenters. The molecule has 2 atom stereocenters. The number of carbonyl (C=O) groups is 1. The van der Waals surface area contributed by atoms with Crippen LogP contribution in [0.5, 0.6) is 0 Å². The van der Waals surface area contributed by atoms with Gasteiger partial charge < -0.3 is 10.0 Å². The molecule has 1 aliphatic carbocycles. The van der Waals surface area contributed by atoms with E-state index in [9.17, 15) is 4.79 Å². The molecule has 0 bridgehead atoms. The van der Waals surface area contributed by atoms with E-state index in [0.717, 1.165) is 38.8 Å². The van der Waals surface area contributed by atoms with Gasteiger partial charge in [0.2, 0.25) is 0 Å². The number of hydrogen-bond acceptors (Lipinski definition) is 3. The van der Waals surface area contributed by atoms with Gasteiger partial charge in [-0.25, -0.2) is 0 Å². The van der Waals surface area contributed by atoms with Crippen LogP contribution in [0.25, 0.3) is 0 Å². The van der Waals surface area contributed by atoms with Gasteiger partial charge in [-0.1, -0.05) is 13.8 Å². The van der Waals surface area contributed by atoms with Crippen LogP contribution in [0.3, 0.4) is 0 Å². The summed E-state index contributed by atoms with van der Waals surface area (Å²) in [6.45, 7) is 7.09. The van der Waals surface area contributed by atoms with Gasteiger partial charge in [-0.2, -0.15) is 0 Å². The molecule has 3 heteroatoms. The van der Waals surface area contributed by atoms with Crippen molar-refractivity contribution in [3.05, 3.63) is 0 Å². The molecule has 1 aliphatic rings. The number of nitrogens with zero attached hydrogens (tertiary/aromatic N) is 1. The summed E-state index contributed by atoms with van der Waals surface area (Å²) in [7, 11) is 0. The highest BCUT2D eigenvalue weighted by atomic mass is 16.3. The maximum atomic E-state index is 11.8. The van der Waals surface area contributed by atoms with Crippen LogP contribution in [0.2, 0.25) is 0 Å². The molecule has 0 saturated heterocycles. The Morgan fingerprint density at radius 1 is 1.44 bits per heavy atom. The highest BCUT2D eigenvalue weighted by Gasteiger charge is 2.27. The van der Waals surface area contributed by atoms with E-state index < -0.39 is 0 Å². The smallest absolute Gasteiger partial charge is 0.137 e. The lowest BCUT2D eigenvalue weighted by molar-refractivity contribution is -0.126. The Kier molecular flexibility index (Phi) is 5.99. The predicted molar refractivity (Wildman–Crippen MR) is 65.3 cm³/mol. The monoisotopic (exact) mass is 227 g/mol. The molecule has 0 heterocycles. The van der Waals surface area contributed by atoms with Gasteiger partial charge in [-0.15, -0.1) is 0 Å². The Morgan fingerprint density at radius 3 is 2.81 bits per heavy atom. The quantitative estimate of drug-likeness (QED) is 0.751. The molecule has 94 valence electrons. The number of aliphatic hydroxyl groups excluding tert-OH is 1. The summed E-state index contributed by atoms with van der Waals surface area (Å²) < 4.78 is 0. The Hall–Kier alpha value is -0.410. The van der Waals surface area contributed by atoms with Gasteiger partial charge in [-0.3, -0.25) is 4.79 Å². The number of hydrogen-bond donors (Lipinski definition) is 1. The number of carbonyl (C=O) groups excluding carboxylic acids is 1. The van der Waals surface area contributed by atoms with Crippen molar-refractivity contribution >= 4 is 5.78 Å². The number of aliphatic hydroxyl groups is 1. The fourth-order valence-electron chi connectivity index (χ4n) is 2.57. The van der Waals surface area contributed by atoms with Crippen LogP contribution in [0.4, 0.5) is 0 Å². The van der Waals surface area contributed by atoms with Crippen LogP contribution in [-0.2, 0) is 4.79 Å². The average molecular weight is 227 g/mol. The fourth-order valence-corrected chi connectivity index (χ4v) is 2.57. The molecule has 3 nitrogen and oxygen atoms in total. The first-order valence-corrected chi connectivity index (χ1v) is 6.53. The molecule has 1 N–H and O–H groups in total. The largest absolute Gasteiger partial charge is 0.395 e. The normalized spacial score (nSPS) is 26.4. The van der Waals surface area contributed by atoms with Gasteiger partial charge >= 0.3 is 0 Å². The van der Waals surface area contributed by atoms with Crippen LogP contribution >= 0.6 is 0 Å². The van der Waals surface area contributed by atoms with Crippen molar-refractivity contribution < 1.29 is 9.90 Å². The molecule has 1 rings (SSSR count). The summed E-state index contributed by atoms with van der Waals surface area (Å²) in [6, 6.07) is 0. The van der Waals surface area contributed by atoms with Crippen molar-refractivity contribution in [2.75, 3.05) is 26.2 Å². The summed E-state index contributed by atoms with van der Waals surface area (Å²) in [5, 5.41) is 8.98. The Balaban J connectivity index is 2.44. The minimum Gasteiger partial charge on any atom is -0.395 e. The molecule has 0 aromatic heterocycles. The molecule has 0 spiro atoms. The van der Waals surface area contributed by atoms with Gasteiger partial charge in [-0.05, 0) is 31.7 Å². The first-order chi connectivity index (χ1) is 7.67. The van der Waals surface area contributed by atoms with Crippen LogP contribution in [-0.4, -0.2) is 42.0 Å². The highest BCUT2D eigenvalue weighted by molar-refractivity contribution is 5.81. The fraction of sp³-hybridized carbons (Fsp3) is 0.923. The van der Waals surface area contributed by atoms with Gasteiger partial charge in [0, 0.05) is 25.4 Å². The van der Waals surface area contributed by atoms with E-state index in [-0.39, 0.29) is 12.5 Å². The first kappa shape index (κ1) is 13.7. The lowest BCUT2D eigenvalue weighted by Crippen LogP contribution is -2.38. The van der Waals surface area contributed by atoms with E-state index in [1.165, 1.54) is 0 Å². The third kappa shape index (κ3) is 4.22.